The number of hydrogen-bond acceptors (Lipinski definition) is 4. The zero-order valence-corrected chi connectivity index (χ0v) is 11.5. The lowest BCUT2D eigenvalue weighted by Gasteiger charge is -2.23. The molecule has 0 saturated heterocycles. The van der Waals surface area contributed by atoms with Crippen LogP contribution in [0.5, 0.6) is 0 Å². The van der Waals surface area contributed by atoms with E-state index in [1.165, 1.54) is 5.56 Å². The molecule has 1 unspecified atom stereocenters. The third kappa shape index (κ3) is 4.10. The molecule has 0 spiro atoms. The highest BCUT2D eigenvalue weighted by atomic mass is 15.1. The first-order valence-electron chi connectivity index (χ1n) is 6.62. The van der Waals surface area contributed by atoms with Crippen molar-refractivity contribution in [1.82, 2.24) is 19.9 Å². The molecule has 0 fully saturated rings. The van der Waals surface area contributed by atoms with Gasteiger partial charge in [-0.25, -0.2) is 9.97 Å². The Morgan fingerprint density at radius 2 is 2.11 bits per heavy atom. The molecule has 2 heterocycles. The first kappa shape index (κ1) is 13.6. The summed E-state index contributed by atoms with van der Waals surface area (Å²) in [5.41, 5.74) is 2.37. The van der Waals surface area contributed by atoms with Crippen molar-refractivity contribution in [1.29, 1.82) is 0 Å². The largest absolute Gasteiger partial charge is 0.298 e. The van der Waals surface area contributed by atoms with Gasteiger partial charge in [0, 0.05) is 24.6 Å². The monoisotopic (exact) mass is 256 g/mol. The number of hydrogen-bond donors (Lipinski definition) is 0. The maximum atomic E-state index is 4.30. The summed E-state index contributed by atoms with van der Waals surface area (Å²) in [5, 5.41) is 0. The van der Waals surface area contributed by atoms with Crippen molar-refractivity contribution in [3.8, 4) is 0 Å². The second kappa shape index (κ2) is 6.95. The fourth-order valence-corrected chi connectivity index (χ4v) is 2.05. The van der Waals surface area contributed by atoms with Crippen LogP contribution in [0.4, 0.5) is 0 Å². The van der Waals surface area contributed by atoms with E-state index in [1.807, 2.05) is 24.5 Å². The van der Waals surface area contributed by atoms with E-state index >= 15 is 0 Å². The van der Waals surface area contributed by atoms with Gasteiger partial charge in [0.25, 0.3) is 0 Å². The Kier molecular flexibility index (Phi) is 4.98. The molecule has 4 nitrogen and oxygen atoms in total. The van der Waals surface area contributed by atoms with Crippen molar-refractivity contribution in [2.45, 2.75) is 25.8 Å². The van der Waals surface area contributed by atoms with Crippen LogP contribution in [0.3, 0.4) is 0 Å². The van der Waals surface area contributed by atoms with E-state index in [2.05, 4.69) is 39.9 Å². The van der Waals surface area contributed by atoms with Crippen LogP contribution in [0.1, 0.15) is 30.6 Å². The molecular weight excluding hydrogens is 236 g/mol. The van der Waals surface area contributed by atoms with E-state index in [0.29, 0.717) is 6.04 Å². The average molecular weight is 256 g/mol. The lowest BCUT2D eigenvalue weighted by molar-refractivity contribution is 0.254. The summed E-state index contributed by atoms with van der Waals surface area (Å²) >= 11 is 0. The summed E-state index contributed by atoms with van der Waals surface area (Å²) in [7, 11) is 2.13. The average Bonchev–Trinajstić information content (AvgIpc) is 2.48. The first-order chi connectivity index (χ1) is 9.27. The van der Waals surface area contributed by atoms with Crippen molar-refractivity contribution >= 4 is 0 Å². The Hall–Kier alpha value is -1.81. The predicted molar refractivity (Wildman–Crippen MR) is 75.6 cm³/mol. The number of aromatic nitrogens is 3. The van der Waals surface area contributed by atoms with Crippen molar-refractivity contribution in [2.75, 3.05) is 13.6 Å². The Balaban J connectivity index is 1.80. The van der Waals surface area contributed by atoms with Crippen molar-refractivity contribution in [3.05, 3.63) is 54.4 Å². The highest BCUT2D eigenvalue weighted by molar-refractivity contribution is 5.08. The van der Waals surface area contributed by atoms with Gasteiger partial charge in [-0.1, -0.05) is 6.07 Å². The Morgan fingerprint density at radius 1 is 1.21 bits per heavy atom. The zero-order chi connectivity index (χ0) is 13.5. The number of nitrogens with zero attached hydrogens (tertiary/aromatic N) is 4. The van der Waals surface area contributed by atoms with E-state index in [9.17, 15) is 0 Å². The van der Waals surface area contributed by atoms with Gasteiger partial charge in [-0.05, 0) is 51.1 Å². The Labute approximate surface area is 114 Å². The summed E-state index contributed by atoms with van der Waals surface area (Å²) in [4.78, 5) is 14.7. The third-order valence-corrected chi connectivity index (χ3v) is 3.39. The van der Waals surface area contributed by atoms with E-state index in [0.717, 1.165) is 25.1 Å². The van der Waals surface area contributed by atoms with Crippen molar-refractivity contribution < 1.29 is 0 Å². The van der Waals surface area contributed by atoms with Crippen LogP contribution in [0, 0.1) is 0 Å². The summed E-state index contributed by atoms with van der Waals surface area (Å²) in [5.74, 6) is 0. The molecule has 0 aliphatic heterocycles. The maximum Gasteiger partial charge on any atom is 0.115 e. The molecule has 4 heteroatoms. The molecule has 100 valence electrons. The number of rotatable bonds is 6. The third-order valence-electron chi connectivity index (χ3n) is 3.39. The van der Waals surface area contributed by atoms with Gasteiger partial charge in [-0.2, -0.15) is 0 Å². The van der Waals surface area contributed by atoms with Crippen LogP contribution >= 0.6 is 0 Å². The zero-order valence-electron chi connectivity index (χ0n) is 11.5. The first-order valence-corrected chi connectivity index (χ1v) is 6.62. The molecule has 0 aromatic carbocycles. The van der Waals surface area contributed by atoms with Gasteiger partial charge in [-0.3, -0.25) is 9.88 Å². The summed E-state index contributed by atoms with van der Waals surface area (Å²) < 4.78 is 0. The van der Waals surface area contributed by atoms with Crippen molar-refractivity contribution in [2.24, 2.45) is 0 Å². The van der Waals surface area contributed by atoms with Crippen LogP contribution < -0.4 is 0 Å². The van der Waals surface area contributed by atoms with Crippen LogP contribution in [0.2, 0.25) is 0 Å². The molecule has 19 heavy (non-hydrogen) atoms. The van der Waals surface area contributed by atoms with Crippen LogP contribution in [-0.4, -0.2) is 33.4 Å². The van der Waals surface area contributed by atoms with Gasteiger partial charge >= 0.3 is 0 Å². The minimum atomic E-state index is 0.317. The van der Waals surface area contributed by atoms with Gasteiger partial charge in [0.15, 0.2) is 0 Å². The van der Waals surface area contributed by atoms with Gasteiger partial charge in [0.05, 0.1) is 5.69 Å². The topological polar surface area (TPSA) is 41.9 Å². The lowest BCUT2D eigenvalue weighted by atomic mass is 10.1. The van der Waals surface area contributed by atoms with Gasteiger partial charge < -0.3 is 0 Å². The Bertz CT molecular complexity index is 472. The molecular formula is C15H20N4. The summed E-state index contributed by atoms with van der Waals surface area (Å²) in [6.07, 6.45) is 9.34. The molecule has 1 atom stereocenters. The van der Waals surface area contributed by atoms with E-state index in [-0.39, 0.29) is 0 Å². The fraction of sp³-hybridized carbons (Fsp3) is 0.400. The lowest BCUT2D eigenvalue weighted by Crippen LogP contribution is -2.24. The molecule has 2 rings (SSSR count). The molecule has 0 saturated carbocycles. The summed E-state index contributed by atoms with van der Waals surface area (Å²) in [6, 6.07) is 6.41. The van der Waals surface area contributed by atoms with Crippen LogP contribution in [-0.2, 0) is 6.42 Å². The molecule has 0 amide bonds. The van der Waals surface area contributed by atoms with Gasteiger partial charge in [0.2, 0.25) is 0 Å². The molecule has 0 aliphatic carbocycles. The molecule has 0 bridgehead atoms. The van der Waals surface area contributed by atoms with E-state index < -0.39 is 0 Å². The quantitative estimate of drug-likeness (QED) is 0.796. The predicted octanol–water partition coefficient (Wildman–Crippen LogP) is 2.50. The van der Waals surface area contributed by atoms with E-state index in [4.69, 9.17) is 0 Å². The van der Waals surface area contributed by atoms with Gasteiger partial charge in [0.1, 0.15) is 6.33 Å². The maximum absolute atomic E-state index is 4.30. The Morgan fingerprint density at radius 3 is 2.79 bits per heavy atom. The summed E-state index contributed by atoms with van der Waals surface area (Å²) in [6.45, 7) is 3.21. The van der Waals surface area contributed by atoms with Gasteiger partial charge in [-0.15, -0.1) is 0 Å². The minimum Gasteiger partial charge on any atom is -0.298 e. The highest BCUT2D eigenvalue weighted by Gasteiger charge is 2.11. The van der Waals surface area contributed by atoms with Crippen LogP contribution in [0.25, 0.3) is 0 Å². The fourth-order valence-electron chi connectivity index (χ4n) is 2.05. The number of pyridine rings is 1. The van der Waals surface area contributed by atoms with Crippen molar-refractivity contribution in [3.63, 3.8) is 0 Å². The normalized spacial score (nSPS) is 12.6. The molecule has 0 radical (unpaired) electrons. The minimum absolute atomic E-state index is 0.317. The molecule has 0 N–H and O–H groups in total. The molecule has 2 aromatic heterocycles. The second-order valence-electron chi connectivity index (χ2n) is 4.76. The SMILES string of the molecule is CC(c1ccncn1)N(C)CCCc1cccnc1. The smallest absolute Gasteiger partial charge is 0.115 e. The van der Waals surface area contributed by atoms with E-state index in [1.54, 1.807) is 12.5 Å². The number of aryl methyl sites for hydroxylation is 1. The molecule has 0 aliphatic rings. The molecule has 2 aromatic rings. The van der Waals surface area contributed by atoms with Crippen LogP contribution in [0.15, 0.2) is 43.1 Å². The highest BCUT2D eigenvalue weighted by Crippen LogP contribution is 2.15. The second-order valence-corrected chi connectivity index (χ2v) is 4.76. The standard InChI is InChI=1S/C15H20N4/c1-13(15-7-9-17-12-18-15)19(2)10-4-6-14-5-3-8-16-11-14/h3,5,7-9,11-13H,4,6,10H2,1-2H3.